The van der Waals surface area contributed by atoms with Crippen LogP contribution in [0.4, 0.5) is 8.78 Å². The molecule has 2 aromatic rings. The van der Waals surface area contributed by atoms with Gasteiger partial charge in [-0.2, -0.15) is 0 Å². The fourth-order valence-electron chi connectivity index (χ4n) is 4.23. The molecule has 2 aliphatic rings. The number of nitrogens with one attached hydrogen (secondary N) is 1. The Labute approximate surface area is 175 Å². The number of halogens is 2. The van der Waals surface area contributed by atoms with Gasteiger partial charge in [0.25, 0.3) is 11.8 Å². The van der Waals surface area contributed by atoms with Gasteiger partial charge in [0.15, 0.2) is 11.4 Å². The summed E-state index contributed by atoms with van der Waals surface area (Å²) >= 11 is 0. The number of carbonyl (C=O) groups is 2. The number of aliphatic hydroxyl groups is 1. The third-order valence-electron chi connectivity index (χ3n) is 6.12. The summed E-state index contributed by atoms with van der Waals surface area (Å²) in [4.78, 5) is 39.6. The van der Waals surface area contributed by atoms with Crippen LogP contribution in [0.2, 0.25) is 0 Å². The summed E-state index contributed by atoms with van der Waals surface area (Å²) in [5, 5.41) is 22.5. The number of rotatable bonds is 5. The molecule has 8 nitrogen and oxygen atoms in total. The van der Waals surface area contributed by atoms with E-state index in [9.17, 15) is 33.4 Å². The summed E-state index contributed by atoms with van der Waals surface area (Å²) in [5.74, 6) is -4.05. The van der Waals surface area contributed by atoms with Crippen LogP contribution in [0.25, 0.3) is 0 Å². The van der Waals surface area contributed by atoms with Gasteiger partial charge in [0.2, 0.25) is 5.43 Å². The molecule has 0 radical (unpaired) electrons. The lowest BCUT2D eigenvalue weighted by molar-refractivity contribution is 0.0630. The van der Waals surface area contributed by atoms with E-state index in [4.69, 9.17) is 0 Å². The first-order valence-electron chi connectivity index (χ1n) is 9.84. The monoisotopic (exact) mass is 433 g/mol. The molecule has 31 heavy (non-hydrogen) atoms. The Balaban J connectivity index is 1.70. The number of amides is 2. The Bertz CT molecular complexity index is 1150. The van der Waals surface area contributed by atoms with Crippen molar-refractivity contribution in [2.45, 2.75) is 25.4 Å². The zero-order chi connectivity index (χ0) is 22.5. The number of likely N-dealkylation sites (N-methyl/N-ethyl adjacent to an activating group) is 1. The van der Waals surface area contributed by atoms with Crippen LogP contribution < -0.4 is 10.7 Å². The third kappa shape index (κ3) is 3.27. The van der Waals surface area contributed by atoms with Crippen LogP contribution in [-0.2, 0) is 12.1 Å². The molecule has 2 amide bonds. The predicted octanol–water partition coefficient (Wildman–Crippen LogP) is 0.945. The summed E-state index contributed by atoms with van der Waals surface area (Å²) in [6.07, 6.45) is 1.73. The van der Waals surface area contributed by atoms with Gasteiger partial charge in [-0.3, -0.25) is 14.4 Å². The molecule has 2 unspecified atom stereocenters. The molecule has 10 heteroatoms. The lowest BCUT2D eigenvalue weighted by atomic mass is 10.0. The highest BCUT2D eigenvalue weighted by Crippen LogP contribution is 2.53. The average Bonchev–Trinajstić information content (AvgIpc) is 3.45. The second kappa shape index (κ2) is 7.45. The van der Waals surface area contributed by atoms with Gasteiger partial charge in [-0.25, -0.2) is 8.78 Å². The van der Waals surface area contributed by atoms with Gasteiger partial charge in [0, 0.05) is 50.0 Å². The summed E-state index contributed by atoms with van der Waals surface area (Å²) < 4.78 is 28.3. The maximum atomic E-state index is 13.8. The Kier molecular flexibility index (Phi) is 5.04. The number of aromatic nitrogens is 1. The zero-order valence-corrected chi connectivity index (χ0v) is 16.7. The molecule has 3 N–H and O–H groups in total. The summed E-state index contributed by atoms with van der Waals surface area (Å²) in [5.41, 5.74) is -2.34. The van der Waals surface area contributed by atoms with E-state index in [0.717, 1.165) is 6.07 Å². The van der Waals surface area contributed by atoms with Crippen LogP contribution in [-0.4, -0.2) is 51.2 Å². The van der Waals surface area contributed by atoms with Crippen LogP contribution in [0.5, 0.6) is 5.75 Å². The predicted molar refractivity (Wildman–Crippen MR) is 105 cm³/mol. The van der Waals surface area contributed by atoms with Crippen molar-refractivity contribution in [3.63, 3.8) is 0 Å². The van der Waals surface area contributed by atoms with Crippen molar-refractivity contribution in [3.8, 4) is 5.75 Å². The highest BCUT2D eigenvalue weighted by Gasteiger charge is 2.60. The van der Waals surface area contributed by atoms with E-state index < -0.39 is 45.7 Å². The molecule has 0 saturated heterocycles. The molecule has 0 bridgehead atoms. The lowest BCUT2D eigenvalue weighted by Crippen LogP contribution is -2.49. The number of fused-ring (bicyclic) bond motifs is 2. The van der Waals surface area contributed by atoms with E-state index >= 15 is 0 Å². The molecular weight excluding hydrogens is 412 g/mol. The standard InChI is InChI=1S/C21H21F2N3O5/c1-2-25-10-21(6-12(21)9-27)26-8-14(17(28)18(29)16(26)20(25)31)19(30)24-7-11-3-4-13(22)5-15(11)23/h3-5,8,12,27,29H,2,6-7,9-10H2,1H3,(H,24,30). The largest absolute Gasteiger partial charge is 0.503 e. The summed E-state index contributed by atoms with van der Waals surface area (Å²) in [6.45, 7) is 1.95. The number of aromatic hydroxyl groups is 1. The van der Waals surface area contributed by atoms with Gasteiger partial charge in [-0.05, 0) is 19.4 Å². The van der Waals surface area contributed by atoms with Crippen molar-refractivity contribution in [1.29, 1.82) is 0 Å². The van der Waals surface area contributed by atoms with Crippen LogP contribution in [0.1, 0.15) is 39.8 Å². The number of carbonyl (C=O) groups excluding carboxylic acids is 2. The SMILES string of the molecule is CCN1CC2(CC2CO)n2cc(C(=O)NCc3ccc(F)cc3F)c(=O)c(O)c2C1=O. The highest BCUT2D eigenvalue weighted by molar-refractivity contribution is 5.99. The maximum absolute atomic E-state index is 13.8. The number of aliphatic hydroxyl groups excluding tert-OH is 1. The van der Waals surface area contributed by atoms with Gasteiger partial charge in [-0.15, -0.1) is 0 Å². The van der Waals surface area contributed by atoms with Crippen LogP contribution in [0.3, 0.4) is 0 Å². The minimum absolute atomic E-state index is 0.0183. The molecule has 2 heterocycles. The molecule has 1 spiro atoms. The molecule has 1 fully saturated rings. The smallest absolute Gasteiger partial charge is 0.274 e. The highest BCUT2D eigenvalue weighted by atomic mass is 19.1. The van der Waals surface area contributed by atoms with E-state index in [0.29, 0.717) is 19.0 Å². The molecule has 1 aliphatic heterocycles. The van der Waals surface area contributed by atoms with Gasteiger partial charge < -0.3 is 25.0 Å². The summed E-state index contributed by atoms with van der Waals surface area (Å²) in [6, 6.07) is 2.89. The lowest BCUT2D eigenvalue weighted by Gasteiger charge is -2.37. The first-order valence-corrected chi connectivity index (χ1v) is 9.84. The second-order valence-electron chi connectivity index (χ2n) is 7.86. The molecular formula is C21H21F2N3O5. The van der Waals surface area contributed by atoms with Gasteiger partial charge in [0.1, 0.15) is 17.2 Å². The first kappa shape index (κ1) is 21.0. The Hall–Kier alpha value is -3.27. The van der Waals surface area contributed by atoms with E-state index in [1.165, 1.54) is 21.7 Å². The van der Waals surface area contributed by atoms with Crippen LogP contribution in [0.15, 0.2) is 29.2 Å². The van der Waals surface area contributed by atoms with E-state index in [2.05, 4.69) is 5.32 Å². The molecule has 164 valence electrons. The minimum atomic E-state index is -1.02. The van der Waals surface area contributed by atoms with Crippen molar-refractivity contribution in [1.82, 2.24) is 14.8 Å². The zero-order valence-electron chi connectivity index (χ0n) is 16.7. The topological polar surface area (TPSA) is 112 Å². The summed E-state index contributed by atoms with van der Waals surface area (Å²) in [7, 11) is 0. The van der Waals surface area contributed by atoms with Crippen LogP contribution >= 0.6 is 0 Å². The molecule has 1 aliphatic carbocycles. The van der Waals surface area contributed by atoms with E-state index in [1.807, 2.05) is 0 Å². The number of nitrogens with zero attached hydrogens (tertiary/aromatic N) is 2. The second-order valence-corrected chi connectivity index (χ2v) is 7.86. The first-order chi connectivity index (χ1) is 14.7. The van der Waals surface area contributed by atoms with E-state index in [1.54, 1.807) is 6.92 Å². The fraction of sp³-hybridized carbons (Fsp3) is 0.381. The molecule has 2 atom stereocenters. The normalized spacial score (nSPS) is 21.9. The average molecular weight is 433 g/mol. The molecule has 1 aromatic carbocycles. The van der Waals surface area contributed by atoms with Gasteiger partial charge in [0.05, 0.1) is 5.54 Å². The number of pyridine rings is 1. The van der Waals surface area contributed by atoms with Crippen molar-refractivity contribution >= 4 is 11.8 Å². The molecule has 4 rings (SSSR count). The van der Waals surface area contributed by atoms with Crippen LogP contribution in [0, 0.1) is 17.6 Å². The van der Waals surface area contributed by atoms with Crippen molar-refractivity contribution in [2.24, 2.45) is 5.92 Å². The van der Waals surface area contributed by atoms with Crippen molar-refractivity contribution in [3.05, 3.63) is 63.1 Å². The number of hydrogen-bond acceptors (Lipinski definition) is 5. The fourth-order valence-corrected chi connectivity index (χ4v) is 4.23. The third-order valence-corrected chi connectivity index (χ3v) is 6.12. The Morgan fingerprint density at radius 2 is 2.06 bits per heavy atom. The van der Waals surface area contributed by atoms with Gasteiger partial charge in [-0.1, -0.05) is 6.07 Å². The Morgan fingerprint density at radius 3 is 2.68 bits per heavy atom. The molecule has 1 saturated carbocycles. The van der Waals surface area contributed by atoms with E-state index in [-0.39, 0.29) is 36.9 Å². The van der Waals surface area contributed by atoms with Gasteiger partial charge >= 0.3 is 0 Å². The Morgan fingerprint density at radius 1 is 1.32 bits per heavy atom. The quantitative estimate of drug-likeness (QED) is 0.650. The maximum Gasteiger partial charge on any atom is 0.274 e. The minimum Gasteiger partial charge on any atom is -0.503 e. The van der Waals surface area contributed by atoms with Crippen molar-refractivity contribution < 1.29 is 28.6 Å². The number of hydrogen-bond donors (Lipinski definition) is 3. The number of benzene rings is 1. The van der Waals surface area contributed by atoms with Crippen molar-refractivity contribution in [2.75, 3.05) is 19.7 Å². The molecule has 1 aromatic heterocycles.